The SMILES string of the molecule is Cc1c(O)c(C)c2c(c1O)N(c1ccc3c(c1)N(c1ccc4c(c1)C(C)(C)c1ccccc1-4)c1cc(C4C=C5CCC(C5)C4)cc4c1B3c1cc(C(C)(C)C)ccc1N4c1cc(C(C)(C)C)cc(C(C)(C)C)c1)CC2. The smallest absolute Gasteiger partial charge is 0.252 e. The van der Waals surface area contributed by atoms with Crippen LogP contribution in [-0.4, -0.2) is 23.5 Å². The molecule has 0 spiro atoms. The fourth-order valence-electron chi connectivity index (χ4n) is 14.3. The Morgan fingerprint density at radius 1 is 0.573 bits per heavy atom. The maximum Gasteiger partial charge on any atom is 0.252 e. The molecular formula is C69H74BN3O2. The van der Waals surface area contributed by atoms with E-state index in [1.54, 1.807) is 5.57 Å². The van der Waals surface area contributed by atoms with E-state index in [2.05, 4.69) is 206 Å². The van der Waals surface area contributed by atoms with Crippen molar-refractivity contribution >= 4 is 68.6 Å². The first-order chi connectivity index (χ1) is 35.5. The van der Waals surface area contributed by atoms with Crippen LogP contribution in [0.15, 0.2) is 121 Å². The molecule has 2 N–H and O–H groups in total. The lowest BCUT2D eigenvalue weighted by Crippen LogP contribution is -2.61. The number of phenols is 2. The largest absolute Gasteiger partial charge is 0.507 e. The standard InChI is InChI=1S/C69H74BN3O2/c1-39-51-26-27-71(63(51)65(75)40(2)64(39)74)48-22-24-56-59(38-48)72(49-21-23-53-52-16-14-15-17-54(52)69(12,13)55(53)37-49)60-31-44(43-29-41-18-19-42(28-41)30-43)32-61-62(60)70(56)57-36-45(66(3,4)5)20-25-58(57)73(61)50-34-46(67(6,7)8)33-47(35-50)68(9,10)11/h14-17,20-25,29,31-38,42-43,74-75H,18-19,26-28,30H2,1-13H3. The molecule has 0 amide bonds. The van der Waals surface area contributed by atoms with Gasteiger partial charge in [0.05, 0.1) is 5.69 Å². The minimum absolute atomic E-state index is 0.0671. The number of benzene rings is 7. The van der Waals surface area contributed by atoms with Crippen LogP contribution in [0.3, 0.4) is 0 Å². The van der Waals surface area contributed by atoms with E-state index in [0.717, 1.165) is 46.2 Å². The monoisotopic (exact) mass is 988 g/mol. The Balaban J connectivity index is 1.14. The van der Waals surface area contributed by atoms with Gasteiger partial charge in [0.1, 0.15) is 11.5 Å². The van der Waals surface area contributed by atoms with Crippen LogP contribution in [-0.2, 0) is 28.1 Å². The molecule has 7 aromatic rings. The maximum absolute atomic E-state index is 11.9. The van der Waals surface area contributed by atoms with Gasteiger partial charge in [-0.3, -0.25) is 0 Å². The van der Waals surface area contributed by atoms with Gasteiger partial charge in [-0.1, -0.05) is 142 Å². The Hall–Kier alpha value is -6.66. The first-order valence-electron chi connectivity index (χ1n) is 28.0. The van der Waals surface area contributed by atoms with Gasteiger partial charge < -0.3 is 24.9 Å². The third-order valence-electron chi connectivity index (χ3n) is 18.7. The topological polar surface area (TPSA) is 50.2 Å². The summed E-state index contributed by atoms with van der Waals surface area (Å²) >= 11 is 0. The summed E-state index contributed by atoms with van der Waals surface area (Å²) in [4.78, 5) is 7.60. The van der Waals surface area contributed by atoms with Crippen molar-refractivity contribution in [2.24, 2.45) is 5.92 Å². The van der Waals surface area contributed by atoms with Gasteiger partial charge in [0, 0.05) is 63.3 Å². The number of aromatic hydroxyl groups is 2. The summed E-state index contributed by atoms with van der Waals surface area (Å²) in [5.41, 5.74) is 27.4. The van der Waals surface area contributed by atoms with Gasteiger partial charge in [-0.25, -0.2) is 0 Å². The summed E-state index contributed by atoms with van der Waals surface area (Å²) in [6.07, 6.45) is 8.31. The van der Waals surface area contributed by atoms with Crippen LogP contribution in [0.1, 0.15) is 158 Å². The Labute approximate surface area is 447 Å². The van der Waals surface area contributed by atoms with Crippen molar-refractivity contribution in [1.82, 2.24) is 0 Å². The third-order valence-corrected chi connectivity index (χ3v) is 18.7. The molecule has 3 aliphatic carbocycles. The molecule has 0 aromatic heterocycles. The minimum atomic E-state index is -0.195. The highest BCUT2D eigenvalue weighted by atomic mass is 16.3. The lowest BCUT2D eigenvalue weighted by atomic mass is 9.33. The average molecular weight is 988 g/mol. The Morgan fingerprint density at radius 3 is 1.93 bits per heavy atom. The third kappa shape index (κ3) is 7.24. The van der Waals surface area contributed by atoms with Gasteiger partial charge in [-0.05, 0) is 195 Å². The lowest BCUT2D eigenvalue weighted by Gasteiger charge is -2.46. The molecule has 0 saturated heterocycles. The van der Waals surface area contributed by atoms with Crippen LogP contribution < -0.4 is 31.1 Å². The van der Waals surface area contributed by atoms with Crippen molar-refractivity contribution in [1.29, 1.82) is 0 Å². The fraction of sp³-hybridized carbons (Fsp3) is 0.362. The Morgan fingerprint density at radius 2 is 1.24 bits per heavy atom. The maximum atomic E-state index is 11.9. The summed E-state index contributed by atoms with van der Waals surface area (Å²) < 4.78 is 0. The van der Waals surface area contributed by atoms with Crippen LogP contribution >= 0.6 is 0 Å². The number of hydrogen-bond acceptors (Lipinski definition) is 5. The van der Waals surface area contributed by atoms with Crippen LogP contribution in [0.5, 0.6) is 11.5 Å². The summed E-state index contributed by atoms with van der Waals surface area (Å²) in [5.74, 6) is 1.39. The number of rotatable bonds is 4. The molecule has 2 bridgehead atoms. The molecule has 2 unspecified atom stereocenters. The van der Waals surface area contributed by atoms with Crippen molar-refractivity contribution in [3.8, 4) is 22.6 Å². The molecule has 1 fully saturated rings. The quantitative estimate of drug-likeness (QED) is 0.136. The summed E-state index contributed by atoms with van der Waals surface area (Å²) in [7, 11) is 0. The molecule has 3 heterocycles. The molecule has 0 radical (unpaired) electrons. The molecule has 3 aliphatic heterocycles. The zero-order valence-corrected chi connectivity index (χ0v) is 46.7. The molecule has 6 heteroatoms. The number of allylic oxidation sites excluding steroid dienone is 2. The first kappa shape index (κ1) is 48.0. The van der Waals surface area contributed by atoms with Gasteiger partial charge in [0.15, 0.2) is 0 Å². The lowest BCUT2D eigenvalue weighted by molar-refractivity contribution is 0.441. The number of nitrogens with zero attached hydrogens (tertiary/aromatic N) is 3. The number of anilines is 8. The summed E-state index contributed by atoms with van der Waals surface area (Å²) in [6, 6.07) is 43.5. The van der Waals surface area contributed by atoms with Crippen molar-refractivity contribution < 1.29 is 10.2 Å². The van der Waals surface area contributed by atoms with E-state index in [1.807, 2.05) is 13.8 Å². The van der Waals surface area contributed by atoms with Crippen molar-refractivity contribution in [3.05, 3.63) is 171 Å². The van der Waals surface area contributed by atoms with Gasteiger partial charge in [-0.2, -0.15) is 0 Å². The Kier molecular flexibility index (Phi) is 10.4. The van der Waals surface area contributed by atoms with E-state index >= 15 is 0 Å². The first-order valence-corrected chi connectivity index (χ1v) is 28.0. The number of fused-ring (bicyclic) bond motifs is 10. The second-order valence-corrected chi connectivity index (χ2v) is 27.0. The van der Waals surface area contributed by atoms with Crippen LogP contribution in [0.4, 0.5) is 45.5 Å². The molecule has 13 rings (SSSR count). The van der Waals surface area contributed by atoms with Gasteiger partial charge in [-0.15, -0.1) is 0 Å². The normalized spacial score (nSPS) is 18.9. The average Bonchev–Trinajstić information content (AvgIpc) is 4.06. The molecular weight excluding hydrogens is 914 g/mol. The van der Waals surface area contributed by atoms with Crippen molar-refractivity contribution in [2.45, 2.75) is 150 Å². The van der Waals surface area contributed by atoms with Crippen LogP contribution in [0, 0.1) is 19.8 Å². The second-order valence-electron chi connectivity index (χ2n) is 27.0. The van der Waals surface area contributed by atoms with Gasteiger partial charge in [0.25, 0.3) is 6.71 Å². The molecule has 380 valence electrons. The van der Waals surface area contributed by atoms with Gasteiger partial charge >= 0.3 is 0 Å². The highest BCUT2D eigenvalue weighted by molar-refractivity contribution is 7.00. The van der Waals surface area contributed by atoms with Gasteiger partial charge in [0.2, 0.25) is 0 Å². The Bertz CT molecular complexity index is 3600. The van der Waals surface area contributed by atoms with E-state index < -0.39 is 0 Å². The van der Waals surface area contributed by atoms with E-state index in [4.69, 9.17) is 0 Å². The molecule has 75 heavy (non-hydrogen) atoms. The summed E-state index contributed by atoms with van der Waals surface area (Å²) in [5, 5.41) is 23.1. The fourth-order valence-corrected chi connectivity index (χ4v) is 14.3. The van der Waals surface area contributed by atoms with E-state index in [0.29, 0.717) is 18.0 Å². The summed E-state index contributed by atoms with van der Waals surface area (Å²) in [6.45, 7) is 30.4. The molecule has 5 nitrogen and oxygen atoms in total. The van der Waals surface area contributed by atoms with Crippen molar-refractivity contribution in [2.75, 3.05) is 21.2 Å². The molecule has 6 aliphatic rings. The number of hydrogen-bond donors (Lipinski definition) is 2. The predicted molar refractivity (Wildman–Crippen MR) is 317 cm³/mol. The molecule has 7 aromatic carbocycles. The molecule has 2 atom stereocenters. The highest BCUT2D eigenvalue weighted by Crippen LogP contribution is 2.55. The minimum Gasteiger partial charge on any atom is -0.507 e. The van der Waals surface area contributed by atoms with E-state index in [1.165, 1.54) is 109 Å². The van der Waals surface area contributed by atoms with E-state index in [9.17, 15) is 10.2 Å². The predicted octanol–water partition coefficient (Wildman–Crippen LogP) is 15.9. The highest BCUT2D eigenvalue weighted by Gasteiger charge is 2.46. The van der Waals surface area contributed by atoms with Crippen LogP contribution in [0.25, 0.3) is 11.1 Å². The van der Waals surface area contributed by atoms with E-state index in [-0.39, 0.29) is 39.9 Å². The van der Waals surface area contributed by atoms with Crippen LogP contribution in [0.2, 0.25) is 0 Å². The zero-order valence-electron chi connectivity index (χ0n) is 46.7. The molecule has 1 saturated carbocycles. The second kappa shape index (κ2) is 16.2. The zero-order chi connectivity index (χ0) is 52.6. The van der Waals surface area contributed by atoms with Crippen molar-refractivity contribution in [3.63, 3.8) is 0 Å². The number of phenolic OH excluding ortho intramolecular Hbond substituents is 2.